The molecule has 1 aliphatic carbocycles. The Morgan fingerprint density at radius 2 is 2.26 bits per heavy atom. The molecule has 0 aromatic heterocycles. The lowest BCUT2D eigenvalue weighted by molar-refractivity contribution is -0.0564. The molecule has 4 heteroatoms. The third kappa shape index (κ3) is 3.91. The van der Waals surface area contributed by atoms with E-state index in [4.69, 9.17) is 4.74 Å². The molecule has 0 aromatic rings. The van der Waals surface area contributed by atoms with Crippen molar-refractivity contribution in [1.29, 1.82) is 0 Å². The van der Waals surface area contributed by atoms with Gasteiger partial charge in [-0.3, -0.25) is 4.90 Å². The molecule has 2 rings (SSSR count). The van der Waals surface area contributed by atoms with Crippen molar-refractivity contribution < 1.29 is 9.84 Å². The summed E-state index contributed by atoms with van der Waals surface area (Å²) >= 11 is 0. The highest BCUT2D eigenvalue weighted by molar-refractivity contribution is 4.90. The molecule has 1 saturated carbocycles. The first-order valence-corrected chi connectivity index (χ1v) is 7.90. The summed E-state index contributed by atoms with van der Waals surface area (Å²) in [6, 6.07) is 0.660. The van der Waals surface area contributed by atoms with Crippen LogP contribution in [-0.4, -0.2) is 60.5 Å². The number of aliphatic hydroxyl groups is 1. The molecule has 2 N–H and O–H groups in total. The number of fused-ring (bicyclic) bond motifs is 1. The third-order valence-corrected chi connectivity index (χ3v) is 4.72. The van der Waals surface area contributed by atoms with Crippen molar-refractivity contribution in [2.24, 2.45) is 0 Å². The maximum Gasteiger partial charge on any atom is 0.0730 e. The fraction of sp³-hybridized carbons (Fsp3) is 1.00. The quantitative estimate of drug-likeness (QED) is 0.733. The van der Waals surface area contributed by atoms with Gasteiger partial charge in [0.05, 0.1) is 19.3 Å². The second kappa shape index (κ2) is 7.02. The van der Waals surface area contributed by atoms with Gasteiger partial charge in [-0.15, -0.1) is 0 Å². The Morgan fingerprint density at radius 1 is 1.42 bits per heavy atom. The normalized spacial score (nSPS) is 31.1. The van der Waals surface area contributed by atoms with Gasteiger partial charge in [0.1, 0.15) is 0 Å². The van der Waals surface area contributed by atoms with Gasteiger partial charge < -0.3 is 15.2 Å². The number of ether oxygens (including phenoxy) is 1. The van der Waals surface area contributed by atoms with E-state index < -0.39 is 0 Å². The second-order valence-corrected chi connectivity index (χ2v) is 6.30. The van der Waals surface area contributed by atoms with Crippen molar-refractivity contribution in [3.8, 4) is 0 Å². The average Bonchev–Trinajstić information content (AvgIpc) is 2.88. The largest absolute Gasteiger partial charge is 0.394 e. The molecule has 112 valence electrons. The first-order valence-electron chi connectivity index (χ1n) is 7.90. The van der Waals surface area contributed by atoms with Crippen LogP contribution in [0, 0.1) is 0 Å². The summed E-state index contributed by atoms with van der Waals surface area (Å²) < 4.78 is 5.85. The number of hydrogen-bond acceptors (Lipinski definition) is 4. The van der Waals surface area contributed by atoms with Crippen molar-refractivity contribution in [3.63, 3.8) is 0 Å². The lowest BCUT2D eigenvalue weighted by Gasteiger charge is -2.38. The van der Waals surface area contributed by atoms with Crippen molar-refractivity contribution in [2.45, 2.75) is 63.6 Å². The van der Waals surface area contributed by atoms with Crippen molar-refractivity contribution in [2.75, 3.05) is 32.8 Å². The minimum atomic E-state index is -0.115. The van der Waals surface area contributed by atoms with Crippen LogP contribution in [0.3, 0.4) is 0 Å². The molecule has 2 fully saturated rings. The van der Waals surface area contributed by atoms with Crippen LogP contribution in [0.4, 0.5) is 0 Å². The molecule has 1 saturated heterocycles. The maximum absolute atomic E-state index is 9.51. The van der Waals surface area contributed by atoms with Gasteiger partial charge in [0, 0.05) is 18.1 Å². The molecular formula is C15H30N2O2. The summed E-state index contributed by atoms with van der Waals surface area (Å²) in [5, 5.41) is 12.9. The summed E-state index contributed by atoms with van der Waals surface area (Å²) in [4.78, 5) is 2.62. The van der Waals surface area contributed by atoms with Gasteiger partial charge in [-0.05, 0) is 52.1 Å². The Balaban J connectivity index is 1.75. The number of rotatable bonds is 7. The highest BCUT2D eigenvalue weighted by atomic mass is 16.5. The van der Waals surface area contributed by atoms with Gasteiger partial charge in [-0.1, -0.05) is 6.92 Å². The molecule has 0 bridgehead atoms. The Kier molecular flexibility index (Phi) is 5.63. The zero-order chi connectivity index (χ0) is 13.7. The Hall–Kier alpha value is -0.160. The monoisotopic (exact) mass is 270 g/mol. The van der Waals surface area contributed by atoms with E-state index in [1.54, 1.807) is 0 Å². The second-order valence-electron chi connectivity index (χ2n) is 6.30. The predicted molar refractivity (Wildman–Crippen MR) is 77.4 cm³/mol. The van der Waals surface area contributed by atoms with Crippen LogP contribution >= 0.6 is 0 Å². The number of hydrogen-bond donors (Lipinski definition) is 2. The minimum absolute atomic E-state index is 0.115. The van der Waals surface area contributed by atoms with E-state index in [0.29, 0.717) is 12.1 Å². The first-order chi connectivity index (χ1) is 9.18. The number of morpholine rings is 1. The number of nitrogens with one attached hydrogen (secondary N) is 1. The Bertz CT molecular complexity index is 275. The average molecular weight is 270 g/mol. The molecule has 3 unspecified atom stereocenters. The van der Waals surface area contributed by atoms with Crippen LogP contribution in [0.2, 0.25) is 0 Å². The van der Waals surface area contributed by atoms with Crippen molar-refractivity contribution in [3.05, 3.63) is 0 Å². The molecule has 0 amide bonds. The molecule has 2 aliphatic rings. The molecule has 0 aromatic carbocycles. The highest BCUT2D eigenvalue weighted by Crippen LogP contribution is 2.29. The smallest absolute Gasteiger partial charge is 0.0730 e. The number of likely N-dealkylation sites (N-methyl/N-ethyl adjacent to an activating group) is 1. The van der Waals surface area contributed by atoms with Gasteiger partial charge >= 0.3 is 0 Å². The van der Waals surface area contributed by atoms with E-state index in [0.717, 1.165) is 39.1 Å². The van der Waals surface area contributed by atoms with Gasteiger partial charge in [-0.25, -0.2) is 0 Å². The van der Waals surface area contributed by atoms with Crippen LogP contribution in [0.1, 0.15) is 46.0 Å². The summed E-state index contributed by atoms with van der Waals surface area (Å²) in [6.45, 7) is 8.47. The van der Waals surface area contributed by atoms with E-state index in [9.17, 15) is 5.11 Å². The van der Waals surface area contributed by atoms with Gasteiger partial charge in [-0.2, -0.15) is 0 Å². The third-order valence-electron chi connectivity index (χ3n) is 4.72. The summed E-state index contributed by atoms with van der Waals surface area (Å²) in [5.41, 5.74) is -0.115. The van der Waals surface area contributed by atoms with Crippen LogP contribution in [0.15, 0.2) is 0 Å². The van der Waals surface area contributed by atoms with Crippen molar-refractivity contribution >= 4 is 0 Å². The molecule has 0 radical (unpaired) electrons. The van der Waals surface area contributed by atoms with E-state index in [1.165, 1.54) is 19.3 Å². The maximum atomic E-state index is 9.51. The molecular weight excluding hydrogens is 240 g/mol. The minimum Gasteiger partial charge on any atom is -0.394 e. The van der Waals surface area contributed by atoms with E-state index >= 15 is 0 Å². The zero-order valence-corrected chi connectivity index (χ0v) is 12.5. The summed E-state index contributed by atoms with van der Waals surface area (Å²) in [7, 11) is 0. The molecule has 0 spiro atoms. The van der Waals surface area contributed by atoms with Gasteiger partial charge in [0.2, 0.25) is 0 Å². The van der Waals surface area contributed by atoms with Gasteiger partial charge in [0.15, 0.2) is 0 Å². The topological polar surface area (TPSA) is 44.7 Å². The lowest BCUT2D eigenvalue weighted by atomic mass is 9.96. The van der Waals surface area contributed by atoms with Gasteiger partial charge in [0.25, 0.3) is 0 Å². The predicted octanol–water partition coefficient (Wildman–Crippen LogP) is 1.38. The van der Waals surface area contributed by atoms with Crippen LogP contribution in [-0.2, 0) is 4.74 Å². The molecule has 1 aliphatic heterocycles. The lowest BCUT2D eigenvalue weighted by Crippen LogP contribution is -2.50. The van der Waals surface area contributed by atoms with E-state index in [2.05, 4.69) is 24.1 Å². The summed E-state index contributed by atoms with van der Waals surface area (Å²) in [6.07, 6.45) is 6.53. The Labute approximate surface area is 117 Å². The van der Waals surface area contributed by atoms with Crippen LogP contribution < -0.4 is 5.32 Å². The van der Waals surface area contributed by atoms with Crippen LogP contribution in [0.5, 0.6) is 0 Å². The fourth-order valence-electron chi connectivity index (χ4n) is 3.61. The fourth-order valence-corrected chi connectivity index (χ4v) is 3.61. The highest BCUT2D eigenvalue weighted by Gasteiger charge is 2.35. The number of nitrogens with zero attached hydrogens (tertiary/aromatic N) is 1. The summed E-state index contributed by atoms with van der Waals surface area (Å²) in [5.74, 6) is 0. The zero-order valence-electron chi connectivity index (χ0n) is 12.5. The van der Waals surface area contributed by atoms with Crippen molar-refractivity contribution in [1.82, 2.24) is 10.2 Å². The SMILES string of the molecule is CCNC(C)(CO)CCCN1CCOC2CCCC21. The molecule has 1 heterocycles. The first kappa shape index (κ1) is 15.2. The molecule has 4 nitrogen and oxygen atoms in total. The van der Waals surface area contributed by atoms with Crippen LogP contribution in [0.25, 0.3) is 0 Å². The van der Waals surface area contributed by atoms with E-state index in [-0.39, 0.29) is 12.1 Å². The standard InChI is InChI=1S/C15H30N2O2/c1-3-16-15(2,12-18)8-5-9-17-10-11-19-14-7-4-6-13(14)17/h13-14,16,18H,3-12H2,1-2H3. The number of aliphatic hydroxyl groups excluding tert-OH is 1. The van der Waals surface area contributed by atoms with E-state index in [1.807, 2.05) is 0 Å². The molecule has 19 heavy (non-hydrogen) atoms. The molecule has 3 atom stereocenters. The Morgan fingerprint density at radius 3 is 3.00 bits per heavy atom.